The highest BCUT2D eigenvalue weighted by Crippen LogP contribution is 2.32. The Morgan fingerprint density at radius 3 is 2.73 bits per heavy atom. The van der Waals surface area contributed by atoms with Gasteiger partial charge < -0.3 is 5.32 Å². The van der Waals surface area contributed by atoms with Gasteiger partial charge in [-0.3, -0.25) is 0 Å². The van der Waals surface area contributed by atoms with Gasteiger partial charge >= 0.3 is 0 Å². The first kappa shape index (κ1) is 10.7. The van der Waals surface area contributed by atoms with E-state index in [0.717, 1.165) is 12.8 Å². The van der Waals surface area contributed by atoms with Crippen LogP contribution in [0.25, 0.3) is 0 Å². The minimum atomic E-state index is -0.379. The van der Waals surface area contributed by atoms with E-state index in [9.17, 15) is 4.39 Å². The lowest BCUT2D eigenvalue weighted by atomic mass is 10.0. The van der Waals surface area contributed by atoms with E-state index in [1.165, 1.54) is 25.1 Å². The molecule has 0 atom stereocenters. The highest BCUT2D eigenvalue weighted by atomic mass is 35.5. The summed E-state index contributed by atoms with van der Waals surface area (Å²) in [6, 6.07) is 1.29. The van der Waals surface area contributed by atoms with E-state index in [1.807, 2.05) is 0 Å². The molecule has 1 saturated carbocycles. The van der Waals surface area contributed by atoms with E-state index in [4.69, 9.17) is 11.6 Å². The second-order valence-electron chi connectivity index (χ2n) is 4.38. The molecule has 2 nitrogen and oxygen atoms in total. The second-order valence-corrected chi connectivity index (χ2v) is 4.81. The predicted octanol–water partition coefficient (Wildman–Crippen LogP) is 3.62. The number of anilines is 1. The van der Waals surface area contributed by atoms with Gasteiger partial charge in [0, 0.05) is 11.7 Å². The normalized spacial score (nSPS) is 19.1. The average Bonchev–Trinajstić information content (AvgIpc) is 2.58. The molecular formula is C11H14ClFN2. The van der Waals surface area contributed by atoms with Gasteiger partial charge in [0.25, 0.3) is 0 Å². The number of aromatic nitrogens is 1. The van der Waals surface area contributed by atoms with E-state index < -0.39 is 0 Å². The predicted molar refractivity (Wildman–Crippen MR) is 59.7 cm³/mol. The summed E-state index contributed by atoms with van der Waals surface area (Å²) in [6.07, 6.45) is 5.98. The van der Waals surface area contributed by atoms with Crippen molar-refractivity contribution in [3.63, 3.8) is 0 Å². The molecule has 0 unspecified atom stereocenters. The third-order valence-corrected chi connectivity index (χ3v) is 3.14. The van der Waals surface area contributed by atoms with Gasteiger partial charge in [0.2, 0.25) is 0 Å². The Bertz CT molecular complexity index is 362. The van der Waals surface area contributed by atoms with Crippen LogP contribution in [0.2, 0.25) is 5.02 Å². The smallest absolute Gasteiger partial charge is 0.166 e. The number of nitrogens with one attached hydrogen (secondary N) is 1. The summed E-state index contributed by atoms with van der Waals surface area (Å²) in [5.74, 6) is -0.0700. The molecule has 0 radical (unpaired) electrons. The van der Waals surface area contributed by atoms with Crippen LogP contribution in [0.15, 0.2) is 12.3 Å². The molecule has 1 aromatic heterocycles. The van der Waals surface area contributed by atoms with Crippen molar-refractivity contribution in [3.05, 3.63) is 23.1 Å². The van der Waals surface area contributed by atoms with Crippen LogP contribution < -0.4 is 5.32 Å². The fourth-order valence-electron chi connectivity index (χ4n) is 2.07. The molecule has 0 amide bonds. The minimum Gasteiger partial charge on any atom is -0.362 e. The Kier molecular flexibility index (Phi) is 2.83. The van der Waals surface area contributed by atoms with Crippen molar-refractivity contribution >= 4 is 17.4 Å². The Morgan fingerprint density at radius 2 is 2.13 bits per heavy atom. The van der Waals surface area contributed by atoms with Crippen LogP contribution in [0.5, 0.6) is 0 Å². The molecule has 0 bridgehead atoms. The van der Waals surface area contributed by atoms with E-state index in [1.54, 1.807) is 0 Å². The number of nitrogens with zero attached hydrogens (tertiary/aromatic N) is 1. The average molecular weight is 229 g/mol. The molecule has 2 rings (SSSR count). The van der Waals surface area contributed by atoms with Crippen molar-refractivity contribution in [2.75, 3.05) is 5.32 Å². The number of hydrogen-bond donors (Lipinski definition) is 1. The number of halogens is 2. The fourth-order valence-corrected chi connectivity index (χ4v) is 2.22. The molecule has 0 spiro atoms. The van der Waals surface area contributed by atoms with Gasteiger partial charge in [-0.25, -0.2) is 9.37 Å². The van der Waals surface area contributed by atoms with Gasteiger partial charge in [-0.2, -0.15) is 0 Å². The lowest BCUT2D eigenvalue weighted by Crippen LogP contribution is -2.31. The Labute approximate surface area is 93.9 Å². The van der Waals surface area contributed by atoms with Crippen LogP contribution in [-0.4, -0.2) is 10.5 Å². The molecule has 1 N–H and O–H groups in total. The molecule has 0 aliphatic heterocycles. The molecule has 1 aromatic rings. The Balaban J connectivity index is 2.16. The summed E-state index contributed by atoms with van der Waals surface area (Å²) in [5, 5.41) is 3.50. The van der Waals surface area contributed by atoms with Crippen LogP contribution in [0, 0.1) is 5.82 Å². The molecule has 1 aliphatic carbocycles. The summed E-state index contributed by atoms with van der Waals surface area (Å²) >= 11 is 5.64. The van der Waals surface area contributed by atoms with Crippen LogP contribution in [0.3, 0.4) is 0 Å². The third-order valence-electron chi connectivity index (χ3n) is 2.94. The second kappa shape index (κ2) is 3.97. The van der Waals surface area contributed by atoms with Crippen LogP contribution in [0.1, 0.15) is 32.6 Å². The SMILES string of the molecule is CC1(Nc2ncc(Cl)cc2F)CCCC1. The van der Waals surface area contributed by atoms with E-state index >= 15 is 0 Å². The van der Waals surface area contributed by atoms with E-state index in [-0.39, 0.29) is 11.4 Å². The number of pyridine rings is 1. The summed E-state index contributed by atoms with van der Waals surface area (Å²) in [6.45, 7) is 2.11. The first-order valence-corrected chi connectivity index (χ1v) is 5.56. The zero-order valence-electron chi connectivity index (χ0n) is 8.69. The fraction of sp³-hybridized carbons (Fsp3) is 0.545. The molecule has 1 heterocycles. The highest BCUT2D eigenvalue weighted by molar-refractivity contribution is 6.30. The lowest BCUT2D eigenvalue weighted by molar-refractivity contribution is 0.521. The monoisotopic (exact) mass is 228 g/mol. The van der Waals surface area contributed by atoms with Crippen LogP contribution in [-0.2, 0) is 0 Å². The topological polar surface area (TPSA) is 24.9 Å². The van der Waals surface area contributed by atoms with Crippen molar-refractivity contribution in [3.8, 4) is 0 Å². The van der Waals surface area contributed by atoms with Gasteiger partial charge in [0.1, 0.15) is 0 Å². The molecule has 0 saturated heterocycles. The molecule has 4 heteroatoms. The van der Waals surface area contributed by atoms with E-state index in [2.05, 4.69) is 17.2 Å². The molecule has 1 fully saturated rings. The van der Waals surface area contributed by atoms with Gasteiger partial charge in [-0.15, -0.1) is 0 Å². The summed E-state index contributed by atoms with van der Waals surface area (Å²) in [7, 11) is 0. The zero-order valence-corrected chi connectivity index (χ0v) is 9.44. The number of rotatable bonds is 2. The summed E-state index contributed by atoms with van der Waals surface area (Å²) < 4.78 is 13.5. The standard InChI is InChI=1S/C11H14ClFN2/c1-11(4-2-3-5-11)15-10-9(13)6-8(12)7-14-10/h6-7H,2-5H2,1H3,(H,14,15). The quantitative estimate of drug-likeness (QED) is 0.836. The maximum Gasteiger partial charge on any atom is 0.166 e. The van der Waals surface area contributed by atoms with Crippen molar-refractivity contribution in [2.45, 2.75) is 38.1 Å². The van der Waals surface area contributed by atoms with Gasteiger partial charge in [-0.05, 0) is 25.8 Å². The molecule has 15 heavy (non-hydrogen) atoms. The summed E-state index contributed by atoms with van der Waals surface area (Å²) in [4.78, 5) is 3.97. The highest BCUT2D eigenvalue weighted by Gasteiger charge is 2.29. The third kappa shape index (κ3) is 2.40. The first-order chi connectivity index (χ1) is 7.09. The lowest BCUT2D eigenvalue weighted by Gasteiger charge is -2.26. The minimum absolute atomic E-state index is 0.0122. The van der Waals surface area contributed by atoms with Gasteiger partial charge in [0.15, 0.2) is 11.6 Å². The maximum absolute atomic E-state index is 13.5. The van der Waals surface area contributed by atoms with Crippen molar-refractivity contribution < 1.29 is 4.39 Å². The van der Waals surface area contributed by atoms with Crippen LogP contribution >= 0.6 is 11.6 Å². The molecule has 82 valence electrons. The van der Waals surface area contributed by atoms with E-state index in [0.29, 0.717) is 10.8 Å². The van der Waals surface area contributed by atoms with Crippen molar-refractivity contribution in [1.29, 1.82) is 0 Å². The largest absolute Gasteiger partial charge is 0.362 e. The summed E-state index contributed by atoms with van der Waals surface area (Å²) in [5.41, 5.74) is -0.0122. The number of hydrogen-bond acceptors (Lipinski definition) is 2. The van der Waals surface area contributed by atoms with Crippen molar-refractivity contribution in [2.24, 2.45) is 0 Å². The first-order valence-electron chi connectivity index (χ1n) is 5.18. The van der Waals surface area contributed by atoms with Gasteiger partial charge in [-0.1, -0.05) is 24.4 Å². The van der Waals surface area contributed by atoms with Crippen LogP contribution in [0.4, 0.5) is 10.2 Å². The Morgan fingerprint density at radius 1 is 1.47 bits per heavy atom. The van der Waals surface area contributed by atoms with Crippen molar-refractivity contribution in [1.82, 2.24) is 4.98 Å². The molecular weight excluding hydrogens is 215 g/mol. The molecule has 0 aromatic carbocycles. The van der Waals surface area contributed by atoms with Gasteiger partial charge in [0.05, 0.1) is 5.02 Å². The Hall–Kier alpha value is -0.830. The molecule has 1 aliphatic rings. The zero-order chi connectivity index (χ0) is 10.9. The maximum atomic E-state index is 13.5.